The lowest BCUT2D eigenvalue weighted by Crippen LogP contribution is -2.18. The molecule has 0 heterocycles. The number of carboxylic acid groups (broad SMARTS) is 1. The van der Waals surface area contributed by atoms with E-state index in [1.807, 2.05) is 0 Å². The molecule has 0 aliphatic carbocycles. The fourth-order valence-corrected chi connectivity index (χ4v) is 0.289. The lowest BCUT2D eigenvalue weighted by atomic mass is 10.4. The molecule has 0 atom stereocenters. The smallest absolute Gasteiger partial charge is 0.481 e. The molecule has 0 saturated heterocycles. The fourth-order valence-electron chi connectivity index (χ4n) is 0.289. The summed E-state index contributed by atoms with van der Waals surface area (Å²) in [5.74, 6) is -2.18. The van der Waals surface area contributed by atoms with E-state index in [0.717, 1.165) is 13.0 Å². The molecule has 7 heteroatoms. The maximum atomic E-state index is 11.2. The summed E-state index contributed by atoms with van der Waals surface area (Å²) >= 11 is 0. The van der Waals surface area contributed by atoms with Crippen LogP contribution in [0.2, 0.25) is 0 Å². The van der Waals surface area contributed by atoms with Gasteiger partial charge in [0.25, 0.3) is 5.97 Å². The Morgan fingerprint density at radius 3 is 2.07 bits per heavy atom. The zero-order valence-corrected chi connectivity index (χ0v) is 7.30. The molecule has 0 bridgehead atoms. The minimum Gasteiger partial charge on any atom is -0.481 e. The second-order valence-corrected chi connectivity index (χ2v) is 1.93. The van der Waals surface area contributed by atoms with Gasteiger partial charge in [-0.2, -0.15) is 0 Å². The second-order valence-electron chi connectivity index (χ2n) is 1.93. The van der Waals surface area contributed by atoms with E-state index in [1.165, 1.54) is 0 Å². The van der Waals surface area contributed by atoms with Gasteiger partial charge in [0.05, 0.1) is 6.42 Å². The summed E-state index contributed by atoms with van der Waals surface area (Å²) in [6, 6.07) is 0. The zero-order chi connectivity index (χ0) is 11.8. The molecule has 0 aromatic carbocycles. The largest absolute Gasteiger partial charge is 0.575 e. The molecule has 0 aromatic rings. The number of esters is 1. The van der Waals surface area contributed by atoms with E-state index in [-0.39, 0.29) is 0 Å². The molecule has 4 nitrogen and oxygen atoms in total. The molecule has 0 aromatic heterocycles. The van der Waals surface area contributed by atoms with Gasteiger partial charge in [0, 0.05) is 6.92 Å². The number of hydrogen-bond acceptors (Lipinski definition) is 3. The van der Waals surface area contributed by atoms with E-state index >= 15 is 0 Å². The minimum absolute atomic E-state index is 0.431. The lowest BCUT2D eigenvalue weighted by Gasteiger charge is -2.04. The minimum atomic E-state index is -4.87. The number of alkyl halides is 3. The van der Waals surface area contributed by atoms with Crippen molar-refractivity contribution in [3.63, 3.8) is 0 Å². The standard InChI is InChI=1S/C5H5F3O2.C2H4O2/c1-2-3-4(9)10-5(6,7)8;1-2(3)4/h2H,1,3H2;1H3,(H,3,4). The molecule has 0 fully saturated rings. The molecule has 0 aliphatic rings. The van der Waals surface area contributed by atoms with Crippen molar-refractivity contribution in [3.8, 4) is 0 Å². The summed E-state index contributed by atoms with van der Waals surface area (Å²) in [5.41, 5.74) is 0. The average molecular weight is 214 g/mol. The van der Waals surface area contributed by atoms with E-state index in [2.05, 4.69) is 11.3 Å². The van der Waals surface area contributed by atoms with Gasteiger partial charge in [-0.15, -0.1) is 19.8 Å². The first-order valence-corrected chi connectivity index (χ1v) is 3.28. The predicted octanol–water partition coefficient (Wildman–Crippen LogP) is 1.72. The number of ether oxygens (including phenoxy) is 1. The zero-order valence-electron chi connectivity index (χ0n) is 7.30. The number of carbonyl (C=O) groups excluding carboxylic acids is 1. The van der Waals surface area contributed by atoms with Crippen LogP contribution in [0.5, 0.6) is 0 Å². The van der Waals surface area contributed by atoms with Crippen LogP contribution in [0.3, 0.4) is 0 Å². The Hall–Kier alpha value is -1.53. The van der Waals surface area contributed by atoms with Gasteiger partial charge in [-0.25, -0.2) is 0 Å². The molecule has 0 unspecified atom stereocenters. The third kappa shape index (κ3) is 22.4. The number of halogens is 3. The number of aliphatic carboxylic acids is 1. The van der Waals surface area contributed by atoms with Crippen molar-refractivity contribution in [2.24, 2.45) is 0 Å². The number of rotatable bonds is 2. The molecular formula is C7H9F3O4. The topological polar surface area (TPSA) is 63.6 Å². The van der Waals surface area contributed by atoms with Crippen LogP contribution in [0.25, 0.3) is 0 Å². The Bertz CT molecular complexity index is 205. The van der Waals surface area contributed by atoms with Gasteiger partial charge < -0.3 is 9.84 Å². The van der Waals surface area contributed by atoms with Gasteiger partial charge in [0.2, 0.25) is 0 Å². The summed E-state index contributed by atoms with van der Waals surface area (Å²) in [6.45, 7) is 4.15. The van der Waals surface area contributed by atoms with Gasteiger partial charge in [0.1, 0.15) is 0 Å². The van der Waals surface area contributed by atoms with Crippen LogP contribution in [0.15, 0.2) is 12.7 Å². The highest BCUT2D eigenvalue weighted by atomic mass is 19.4. The van der Waals surface area contributed by atoms with Gasteiger partial charge in [-0.3, -0.25) is 9.59 Å². The van der Waals surface area contributed by atoms with E-state index in [1.54, 1.807) is 0 Å². The molecule has 0 rings (SSSR count). The Balaban J connectivity index is 0. The number of carbonyl (C=O) groups is 2. The van der Waals surface area contributed by atoms with E-state index in [9.17, 15) is 18.0 Å². The Morgan fingerprint density at radius 1 is 1.50 bits per heavy atom. The van der Waals surface area contributed by atoms with Crippen LogP contribution in [-0.4, -0.2) is 23.4 Å². The Kier molecular flexibility index (Phi) is 7.41. The first-order valence-electron chi connectivity index (χ1n) is 3.28. The van der Waals surface area contributed by atoms with Crippen LogP contribution in [0.4, 0.5) is 13.2 Å². The predicted molar refractivity (Wildman–Crippen MR) is 40.3 cm³/mol. The quantitative estimate of drug-likeness (QED) is 0.561. The highest BCUT2D eigenvalue weighted by Gasteiger charge is 2.33. The van der Waals surface area contributed by atoms with Crippen LogP contribution < -0.4 is 0 Å². The van der Waals surface area contributed by atoms with E-state index in [4.69, 9.17) is 9.90 Å². The highest BCUT2D eigenvalue weighted by Crippen LogP contribution is 2.16. The van der Waals surface area contributed by atoms with Gasteiger partial charge in [-0.05, 0) is 0 Å². The second kappa shape index (κ2) is 6.93. The summed E-state index contributed by atoms with van der Waals surface area (Å²) in [7, 11) is 0. The van der Waals surface area contributed by atoms with Crippen LogP contribution in [0.1, 0.15) is 13.3 Å². The summed E-state index contributed by atoms with van der Waals surface area (Å²) in [5, 5.41) is 7.42. The van der Waals surface area contributed by atoms with Gasteiger partial charge in [0.15, 0.2) is 0 Å². The number of carboxylic acids is 1. The van der Waals surface area contributed by atoms with Crippen LogP contribution in [0, 0.1) is 0 Å². The maximum Gasteiger partial charge on any atom is 0.575 e. The summed E-state index contributed by atoms with van der Waals surface area (Å²) in [6.07, 6.45) is -4.27. The van der Waals surface area contributed by atoms with Crippen LogP contribution in [-0.2, 0) is 14.3 Å². The molecule has 14 heavy (non-hydrogen) atoms. The average Bonchev–Trinajstić information content (AvgIpc) is 1.80. The summed E-state index contributed by atoms with van der Waals surface area (Å²) in [4.78, 5) is 19.0. The monoisotopic (exact) mass is 214 g/mol. The molecule has 0 radical (unpaired) electrons. The van der Waals surface area contributed by atoms with Gasteiger partial charge in [-0.1, -0.05) is 6.08 Å². The van der Waals surface area contributed by atoms with Crippen molar-refractivity contribution in [2.45, 2.75) is 19.7 Å². The Morgan fingerprint density at radius 2 is 1.86 bits per heavy atom. The number of hydrogen-bond donors (Lipinski definition) is 1. The molecule has 0 spiro atoms. The fraction of sp³-hybridized carbons (Fsp3) is 0.429. The van der Waals surface area contributed by atoms with Crippen molar-refractivity contribution in [1.29, 1.82) is 0 Å². The van der Waals surface area contributed by atoms with Crippen LogP contribution >= 0.6 is 0 Å². The van der Waals surface area contributed by atoms with Crippen molar-refractivity contribution < 1.29 is 32.6 Å². The first-order chi connectivity index (χ1) is 6.19. The van der Waals surface area contributed by atoms with E-state index in [0.29, 0.717) is 0 Å². The summed E-state index contributed by atoms with van der Waals surface area (Å²) < 4.78 is 36.4. The third-order valence-corrected chi connectivity index (χ3v) is 0.541. The van der Waals surface area contributed by atoms with Crippen molar-refractivity contribution in [3.05, 3.63) is 12.7 Å². The maximum absolute atomic E-state index is 11.2. The Labute approximate surface area is 78.0 Å². The van der Waals surface area contributed by atoms with E-state index < -0.39 is 24.7 Å². The van der Waals surface area contributed by atoms with Crippen molar-refractivity contribution in [1.82, 2.24) is 0 Å². The molecular weight excluding hydrogens is 205 g/mol. The third-order valence-electron chi connectivity index (χ3n) is 0.541. The normalized spacial score (nSPS) is 9.43. The lowest BCUT2D eigenvalue weighted by molar-refractivity contribution is -0.305. The van der Waals surface area contributed by atoms with Crippen molar-refractivity contribution >= 4 is 11.9 Å². The van der Waals surface area contributed by atoms with Crippen molar-refractivity contribution in [2.75, 3.05) is 0 Å². The molecule has 0 amide bonds. The SMILES string of the molecule is C=CCC(=O)OC(F)(F)F.CC(=O)O. The molecule has 1 N–H and O–H groups in total. The van der Waals surface area contributed by atoms with Gasteiger partial charge >= 0.3 is 12.3 Å². The molecule has 0 aliphatic heterocycles. The molecule has 82 valence electrons. The first kappa shape index (κ1) is 15.0. The molecule has 0 saturated carbocycles. The highest BCUT2D eigenvalue weighted by molar-refractivity contribution is 5.71.